The molecule has 0 radical (unpaired) electrons. The molecule has 1 heterocycles. The molecule has 0 aliphatic heterocycles. The standard InChI is InChI=1S/C9H10N4/c1-7-6-11-12-13(7)9-4-2-3-8(10)5-9/h2-6H,10H2,1H3. The average Bonchev–Trinajstić information content (AvgIpc) is 2.51. The zero-order valence-electron chi connectivity index (χ0n) is 7.31. The molecule has 0 aliphatic carbocycles. The van der Waals surface area contributed by atoms with E-state index in [0.717, 1.165) is 17.1 Å². The second-order valence-electron chi connectivity index (χ2n) is 2.88. The average molecular weight is 174 g/mol. The fourth-order valence-corrected chi connectivity index (χ4v) is 1.20. The van der Waals surface area contributed by atoms with Crippen molar-refractivity contribution in [2.45, 2.75) is 6.92 Å². The highest BCUT2D eigenvalue weighted by atomic mass is 15.4. The first kappa shape index (κ1) is 7.79. The van der Waals surface area contributed by atoms with Gasteiger partial charge in [0, 0.05) is 5.69 Å². The van der Waals surface area contributed by atoms with Gasteiger partial charge in [-0.15, -0.1) is 5.10 Å². The summed E-state index contributed by atoms with van der Waals surface area (Å²) in [7, 11) is 0. The van der Waals surface area contributed by atoms with Crippen LogP contribution in [-0.4, -0.2) is 15.0 Å². The predicted molar refractivity (Wildman–Crippen MR) is 50.5 cm³/mol. The Labute approximate surface area is 76.0 Å². The van der Waals surface area contributed by atoms with Gasteiger partial charge >= 0.3 is 0 Å². The van der Waals surface area contributed by atoms with Gasteiger partial charge in [0.05, 0.1) is 17.6 Å². The SMILES string of the molecule is Cc1cnnn1-c1cccc(N)c1. The van der Waals surface area contributed by atoms with Crippen molar-refractivity contribution in [2.24, 2.45) is 0 Å². The van der Waals surface area contributed by atoms with Crippen LogP contribution in [-0.2, 0) is 0 Å². The Balaban J connectivity index is 2.53. The molecule has 0 saturated heterocycles. The van der Waals surface area contributed by atoms with Gasteiger partial charge in [-0.2, -0.15) is 0 Å². The van der Waals surface area contributed by atoms with Crippen LogP contribution in [0.5, 0.6) is 0 Å². The van der Waals surface area contributed by atoms with Crippen molar-refractivity contribution in [2.75, 3.05) is 5.73 Å². The lowest BCUT2D eigenvalue weighted by atomic mass is 10.3. The smallest absolute Gasteiger partial charge is 0.0726 e. The molecule has 4 heteroatoms. The van der Waals surface area contributed by atoms with E-state index in [1.54, 1.807) is 10.9 Å². The van der Waals surface area contributed by atoms with Crippen LogP contribution in [0.1, 0.15) is 5.69 Å². The van der Waals surface area contributed by atoms with E-state index in [2.05, 4.69) is 10.3 Å². The van der Waals surface area contributed by atoms with Crippen LogP contribution in [0.3, 0.4) is 0 Å². The van der Waals surface area contributed by atoms with Crippen molar-refractivity contribution in [3.63, 3.8) is 0 Å². The maximum Gasteiger partial charge on any atom is 0.0726 e. The van der Waals surface area contributed by atoms with E-state index in [1.807, 2.05) is 31.2 Å². The summed E-state index contributed by atoms with van der Waals surface area (Å²) in [5.74, 6) is 0. The molecule has 0 saturated carbocycles. The molecule has 66 valence electrons. The molecule has 2 rings (SSSR count). The lowest BCUT2D eigenvalue weighted by molar-refractivity contribution is 0.785. The van der Waals surface area contributed by atoms with Crippen LogP contribution in [0.15, 0.2) is 30.5 Å². The minimum absolute atomic E-state index is 0.729. The number of nitrogen functional groups attached to an aromatic ring is 1. The minimum Gasteiger partial charge on any atom is -0.399 e. The van der Waals surface area contributed by atoms with Crippen LogP contribution in [0.25, 0.3) is 5.69 Å². The molecular weight excluding hydrogens is 164 g/mol. The van der Waals surface area contributed by atoms with Crippen molar-refractivity contribution in [1.82, 2.24) is 15.0 Å². The number of nitrogens with two attached hydrogens (primary N) is 1. The van der Waals surface area contributed by atoms with E-state index in [1.165, 1.54) is 0 Å². The van der Waals surface area contributed by atoms with E-state index in [-0.39, 0.29) is 0 Å². The van der Waals surface area contributed by atoms with E-state index in [9.17, 15) is 0 Å². The third-order valence-corrected chi connectivity index (χ3v) is 1.83. The number of aryl methyl sites for hydroxylation is 1. The summed E-state index contributed by atoms with van der Waals surface area (Å²) in [5.41, 5.74) is 8.31. The number of nitrogens with zero attached hydrogens (tertiary/aromatic N) is 3. The summed E-state index contributed by atoms with van der Waals surface area (Å²) in [6.45, 7) is 1.95. The number of anilines is 1. The topological polar surface area (TPSA) is 56.7 Å². The third-order valence-electron chi connectivity index (χ3n) is 1.83. The molecule has 2 aromatic rings. The van der Waals surface area contributed by atoms with Gasteiger partial charge in [-0.25, -0.2) is 4.68 Å². The number of benzene rings is 1. The molecule has 0 unspecified atom stereocenters. The Kier molecular flexibility index (Phi) is 1.73. The zero-order valence-corrected chi connectivity index (χ0v) is 7.31. The molecule has 0 fully saturated rings. The Hall–Kier alpha value is -1.84. The van der Waals surface area contributed by atoms with Crippen LogP contribution in [0.2, 0.25) is 0 Å². The summed E-state index contributed by atoms with van der Waals surface area (Å²) in [6.07, 6.45) is 1.71. The summed E-state index contributed by atoms with van der Waals surface area (Å²) in [6, 6.07) is 7.54. The lowest BCUT2D eigenvalue weighted by Gasteiger charge is -2.02. The van der Waals surface area contributed by atoms with Crippen LogP contribution in [0, 0.1) is 6.92 Å². The first-order valence-electron chi connectivity index (χ1n) is 4.00. The highest BCUT2D eigenvalue weighted by Crippen LogP contribution is 2.11. The maximum atomic E-state index is 5.65. The van der Waals surface area contributed by atoms with Gasteiger partial charge in [0.25, 0.3) is 0 Å². The monoisotopic (exact) mass is 174 g/mol. The van der Waals surface area contributed by atoms with E-state index >= 15 is 0 Å². The van der Waals surface area contributed by atoms with Gasteiger partial charge in [-0.3, -0.25) is 0 Å². The first-order valence-corrected chi connectivity index (χ1v) is 4.00. The van der Waals surface area contributed by atoms with Gasteiger partial charge in [0.2, 0.25) is 0 Å². The van der Waals surface area contributed by atoms with Gasteiger partial charge < -0.3 is 5.73 Å². The molecule has 0 aliphatic rings. The molecule has 0 amide bonds. The quantitative estimate of drug-likeness (QED) is 0.660. The zero-order chi connectivity index (χ0) is 9.26. The van der Waals surface area contributed by atoms with Crippen LogP contribution < -0.4 is 5.73 Å². The highest BCUT2D eigenvalue weighted by Gasteiger charge is 2.00. The number of rotatable bonds is 1. The van der Waals surface area contributed by atoms with Crippen molar-refractivity contribution in [3.05, 3.63) is 36.2 Å². The molecule has 0 atom stereocenters. The summed E-state index contributed by atoms with van der Waals surface area (Å²) in [5, 5.41) is 7.74. The Morgan fingerprint density at radius 2 is 2.23 bits per heavy atom. The first-order chi connectivity index (χ1) is 6.27. The number of hydrogen-bond donors (Lipinski definition) is 1. The van der Waals surface area contributed by atoms with Crippen molar-refractivity contribution < 1.29 is 0 Å². The lowest BCUT2D eigenvalue weighted by Crippen LogP contribution is -1.99. The Morgan fingerprint density at radius 1 is 1.38 bits per heavy atom. The Morgan fingerprint density at radius 3 is 2.85 bits per heavy atom. The molecule has 2 N–H and O–H groups in total. The normalized spacial score (nSPS) is 10.2. The summed E-state index contributed by atoms with van der Waals surface area (Å²) >= 11 is 0. The van der Waals surface area contributed by atoms with E-state index in [4.69, 9.17) is 5.73 Å². The van der Waals surface area contributed by atoms with Crippen molar-refractivity contribution in [1.29, 1.82) is 0 Å². The van der Waals surface area contributed by atoms with E-state index < -0.39 is 0 Å². The fraction of sp³-hybridized carbons (Fsp3) is 0.111. The van der Waals surface area contributed by atoms with Crippen molar-refractivity contribution in [3.8, 4) is 5.69 Å². The Bertz CT molecular complexity index is 419. The predicted octanol–water partition coefficient (Wildman–Crippen LogP) is 1.16. The van der Waals surface area contributed by atoms with Gasteiger partial charge in [-0.1, -0.05) is 11.3 Å². The van der Waals surface area contributed by atoms with Crippen LogP contribution >= 0.6 is 0 Å². The highest BCUT2D eigenvalue weighted by molar-refractivity contribution is 5.47. The van der Waals surface area contributed by atoms with Crippen LogP contribution in [0.4, 0.5) is 5.69 Å². The second kappa shape index (κ2) is 2.90. The van der Waals surface area contributed by atoms with E-state index in [0.29, 0.717) is 0 Å². The number of aromatic nitrogens is 3. The second-order valence-corrected chi connectivity index (χ2v) is 2.88. The molecule has 1 aromatic heterocycles. The number of hydrogen-bond acceptors (Lipinski definition) is 3. The van der Waals surface area contributed by atoms with Crippen molar-refractivity contribution >= 4 is 5.69 Å². The van der Waals surface area contributed by atoms with Gasteiger partial charge in [0.15, 0.2) is 0 Å². The maximum absolute atomic E-state index is 5.65. The third kappa shape index (κ3) is 1.38. The molecule has 0 spiro atoms. The largest absolute Gasteiger partial charge is 0.399 e. The molecule has 0 bridgehead atoms. The fourth-order valence-electron chi connectivity index (χ4n) is 1.20. The minimum atomic E-state index is 0.729. The summed E-state index contributed by atoms with van der Waals surface area (Å²) in [4.78, 5) is 0. The summed E-state index contributed by atoms with van der Waals surface area (Å²) < 4.78 is 1.75. The molecular formula is C9H10N4. The molecule has 13 heavy (non-hydrogen) atoms. The molecule has 4 nitrogen and oxygen atoms in total. The van der Waals surface area contributed by atoms with Gasteiger partial charge in [-0.05, 0) is 25.1 Å². The molecule has 1 aromatic carbocycles. The van der Waals surface area contributed by atoms with Gasteiger partial charge in [0.1, 0.15) is 0 Å².